The maximum absolute atomic E-state index is 13.6. The van der Waals surface area contributed by atoms with E-state index in [0.717, 1.165) is 25.2 Å². The van der Waals surface area contributed by atoms with E-state index in [-0.39, 0.29) is 34.7 Å². The van der Waals surface area contributed by atoms with Crippen LogP contribution in [0.5, 0.6) is 0 Å². The smallest absolute Gasteiger partial charge is 0.333 e. The number of aryl methyl sites for hydroxylation is 1. The van der Waals surface area contributed by atoms with Crippen LogP contribution < -0.4 is 5.43 Å². The molecular weight excluding hydrogens is 454 g/mol. The van der Waals surface area contributed by atoms with E-state index in [0.29, 0.717) is 9.80 Å². The van der Waals surface area contributed by atoms with Crippen molar-refractivity contribution in [2.45, 2.75) is 25.2 Å². The second kappa shape index (κ2) is 7.88. The molecule has 3 heterocycles. The van der Waals surface area contributed by atoms with Crippen molar-refractivity contribution in [3.63, 3.8) is 0 Å². The van der Waals surface area contributed by atoms with Crippen LogP contribution in [0.3, 0.4) is 0 Å². The summed E-state index contributed by atoms with van der Waals surface area (Å²) in [6, 6.07) is 13.3. The van der Waals surface area contributed by atoms with Gasteiger partial charge in [0.1, 0.15) is 5.58 Å². The van der Waals surface area contributed by atoms with Gasteiger partial charge in [-0.25, -0.2) is 9.79 Å². The molecule has 35 heavy (non-hydrogen) atoms. The van der Waals surface area contributed by atoms with Crippen LogP contribution in [0.1, 0.15) is 28.6 Å². The summed E-state index contributed by atoms with van der Waals surface area (Å²) in [4.78, 5) is 57.6. The van der Waals surface area contributed by atoms with Gasteiger partial charge in [-0.3, -0.25) is 24.2 Å². The Hall–Kier alpha value is -4.31. The zero-order chi connectivity index (χ0) is 25.1. The van der Waals surface area contributed by atoms with Gasteiger partial charge in [0, 0.05) is 14.1 Å². The van der Waals surface area contributed by atoms with E-state index in [1.165, 1.54) is 0 Å². The Kier molecular flexibility index (Phi) is 5.06. The lowest BCUT2D eigenvalue weighted by atomic mass is 9.87. The SMILES string of the molecule is Cc1ccc2oc3c(c(=O)c2c1)C(C1(O)C(=O)N(C)C(=O)N(C)C1=O)OC3=NCc1ccccc1. The van der Waals surface area contributed by atoms with Crippen LogP contribution in [0.15, 0.2) is 62.7 Å². The number of urea groups is 1. The zero-order valence-corrected chi connectivity index (χ0v) is 19.1. The second-order valence-electron chi connectivity index (χ2n) is 8.56. The fourth-order valence-corrected chi connectivity index (χ4v) is 4.32. The second-order valence-corrected chi connectivity index (χ2v) is 8.56. The highest BCUT2D eigenvalue weighted by atomic mass is 16.5. The first-order valence-electron chi connectivity index (χ1n) is 10.8. The Morgan fingerprint density at radius 3 is 2.31 bits per heavy atom. The third kappa shape index (κ3) is 3.25. The number of nitrogens with zero attached hydrogens (tertiary/aromatic N) is 3. The van der Waals surface area contributed by atoms with Gasteiger partial charge in [0.25, 0.3) is 23.3 Å². The van der Waals surface area contributed by atoms with Crippen LogP contribution in [0, 0.1) is 6.92 Å². The average Bonchev–Trinajstić information content (AvgIpc) is 3.24. The molecule has 0 spiro atoms. The fraction of sp³-hybridized carbons (Fsp3) is 0.240. The Morgan fingerprint density at radius 1 is 1.00 bits per heavy atom. The first-order valence-corrected chi connectivity index (χ1v) is 10.8. The van der Waals surface area contributed by atoms with E-state index in [1.807, 2.05) is 30.3 Å². The third-order valence-electron chi connectivity index (χ3n) is 6.23. The molecule has 0 radical (unpaired) electrons. The number of fused-ring (bicyclic) bond motifs is 2. The molecule has 2 aromatic carbocycles. The number of aliphatic imine (C=N–C) groups is 1. The van der Waals surface area contributed by atoms with E-state index in [1.54, 1.807) is 25.1 Å². The lowest BCUT2D eigenvalue weighted by molar-refractivity contribution is -0.179. The molecule has 178 valence electrons. The molecule has 1 aromatic heterocycles. The summed E-state index contributed by atoms with van der Waals surface area (Å²) < 4.78 is 11.8. The van der Waals surface area contributed by atoms with Gasteiger partial charge < -0.3 is 14.3 Å². The zero-order valence-electron chi connectivity index (χ0n) is 19.1. The van der Waals surface area contributed by atoms with Gasteiger partial charge in [0.2, 0.25) is 5.43 Å². The molecule has 1 fully saturated rings. The molecular formula is C25H21N3O7. The van der Waals surface area contributed by atoms with Crippen LogP contribution in [0.2, 0.25) is 0 Å². The lowest BCUT2D eigenvalue weighted by Crippen LogP contribution is -2.69. The maximum Gasteiger partial charge on any atom is 0.333 e. The summed E-state index contributed by atoms with van der Waals surface area (Å²) in [6.07, 6.45) is -1.77. The highest BCUT2D eigenvalue weighted by Gasteiger charge is 2.64. The Morgan fingerprint density at radius 2 is 1.66 bits per heavy atom. The van der Waals surface area contributed by atoms with Crippen LogP contribution in [0.4, 0.5) is 4.79 Å². The molecule has 1 unspecified atom stereocenters. The first-order chi connectivity index (χ1) is 16.6. The number of rotatable bonds is 3. The molecule has 5 rings (SSSR count). The minimum absolute atomic E-state index is 0.0801. The lowest BCUT2D eigenvalue weighted by Gasteiger charge is -2.40. The highest BCUT2D eigenvalue weighted by Crippen LogP contribution is 2.41. The first kappa shape index (κ1) is 22.5. The van der Waals surface area contributed by atoms with Crippen molar-refractivity contribution in [3.8, 4) is 0 Å². The Bertz CT molecular complexity index is 1470. The standard InChI is InChI=1S/C25H21N3O7/c1-13-9-10-16-15(11-13)18(29)17-19(34-16)21(26-12-14-7-5-4-6-8-14)35-20(17)25(33)22(30)27(2)24(32)28(3)23(25)31/h4-11,20,33H,12H2,1-3H3. The average molecular weight is 475 g/mol. The van der Waals surface area contributed by atoms with Gasteiger partial charge >= 0.3 is 6.03 Å². The summed E-state index contributed by atoms with van der Waals surface area (Å²) in [5.74, 6) is -2.64. The van der Waals surface area contributed by atoms with Crippen molar-refractivity contribution < 1.29 is 28.6 Å². The minimum Gasteiger partial charge on any atom is -0.462 e. The van der Waals surface area contributed by atoms with Crippen molar-refractivity contribution in [1.29, 1.82) is 0 Å². The number of imide groups is 2. The number of likely N-dealkylation sites (N-methyl/N-ethyl adjacent to an activating group) is 2. The van der Waals surface area contributed by atoms with Gasteiger partial charge in [-0.1, -0.05) is 42.0 Å². The number of hydrogen-bond acceptors (Lipinski definition) is 8. The van der Waals surface area contributed by atoms with Gasteiger partial charge in [0.15, 0.2) is 11.9 Å². The summed E-state index contributed by atoms with van der Waals surface area (Å²) >= 11 is 0. The predicted octanol–water partition coefficient (Wildman–Crippen LogP) is 1.90. The molecule has 0 aliphatic carbocycles. The van der Waals surface area contributed by atoms with E-state index in [2.05, 4.69) is 4.99 Å². The number of hydrogen-bond donors (Lipinski definition) is 1. The van der Waals surface area contributed by atoms with Crippen molar-refractivity contribution >= 4 is 34.7 Å². The highest BCUT2D eigenvalue weighted by molar-refractivity contribution is 6.22. The number of amides is 4. The van der Waals surface area contributed by atoms with Crippen molar-refractivity contribution in [2.75, 3.05) is 14.1 Å². The van der Waals surface area contributed by atoms with Crippen molar-refractivity contribution in [1.82, 2.24) is 9.80 Å². The van der Waals surface area contributed by atoms with Crippen LogP contribution in [-0.4, -0.2) is 58.3 Å². The minimum atomic E-state index is -2.89. The van der Waals surface area contributed by atoms with E-state index >= 15 is 0 Å². The fourth-order valence-electron chi connectivity index (χ4n) is 4.32. The van der Waals surface area contributed by atoms with Gasteiger partial charge in [-0.05, 0) is 24.6 Å². The number of ether oxygens (including phenoxy) is 1. The predicted molar refractivity (Wildman–Crippen MR) is 124 cm³/mol. The number of carbonyl (C=O) groups is 3. The monoisotopic (exact) mass is 475 g/mol. The van der Waals surface area contributed by atoms with E-state index in [4.69, 9.17) is 9.15 Å². The molecule has 1 atom stereocenters. The Balaban J connectivity index is 1.72. The number of aliphatic hydroxyl groups is 1. The maximum atomic E-state index is 13.6. The number of benzene rings is 2. The number of carbonyl (C=O) groups excluding carboxylic acids is 3. The molecule has 3 aromatic rings. The largest absolute Gasteiger partial charge is 0.462 e. The molecule has 0 saturated carbocycles. The van der Waals surface area contributed by atoms with Gasteiger partial charge in [-0.2, -0.15) is 0 Å². The Labute approximate surface area is 199 Å². The summed E-state index contributed by atoms with van der Waals surface area (Å²) in [5, 5.41) is 11.7. The third-order valence-corrected chi connectivity index (χ3v) is 6.23. The van der Waals surface area contributed by atoms with Gasteiger partial charge in [0.05, 0.1) is 17.5 Å². The topological polar surface area (TPSA) is 130 Å². The molecule has 10 nitrogen and oxygen atoms in total. The quantitative estimate of drug-likeness (QED) is 0.573. The van der Waals surface area contributed by atoms with E-state index in [9.17, 15) is 24.3 Å². The molecule has 0 bridgehead atoms. The van der Waals surface area contributed by atoms with Crippen molar-refractivity contribution in [2.24, 2.45) is 4.99 Å². The molecule has 1 N–H and O–H groups in total. The van der Waals surface area contributed by atoms with Crippen LogP contribution in [0.25, 0.3) is 11.0 Å². The van der Waals surface area contributed by atoms with Crippen LogP contribution >= 0.6 is 0 Å². The molecule has 1 saturated heterocycles. The van der Waals surface area contributed by atoms with Gasteiger partial charge in [-0.15, -0.1) is 0 Å². The molecule has 2 aliphatic heterocycles. The molecule has 4 amide bonds. The summed E-state index contributed by atoms with van der Waals surface area (Å²) in [7, 11) is 2.26. The van der Waals surface area contributed by atoms with Crippen molar-refractivity contribution in [3.05, 3.63) is 81.2 Å². The summed E-state index contributed by atoms with van der Waals surface area (Å²) in [6.45, 7) is 1.95. The van der Waals surface area contributed by atoms with Crippen LogP contribution in [-0.2, 0) is 20.9 Å². The number of barbiturate groups is 1. The molecule has 10 heteroatoms. The summed E-state index contributed by atoms with van der Waals surface area (Å²) in [5.41, 5.74) is -1.80. The van der Waals surface area contributed by atoms with E-state index < -0.39 is 35.0 Å². The normalized spacial score (nSPS) is 20.5. The molecule has 2 aliphatic rings.